The Balaban J connectivity index is 1.60. The number of hydrogen-bond donors (Lipinski definition) is 0. The van der Waals surface area contributed by atoms with Gasteiger partial charge in [0.05, 0.1) is 19.3 Å². The Labute approximate surface area is 111 Å². The average molecular weight is 273 g/mol. The Hall–Kier alpha value is -0.960. The van der Waals surface area contributed by atoms with E-state index in [0.717, 1.165) is 26.2 Å². The molecule has 3 aliphatic heterocycles. The molecule has 0 bridgehead atoms. The van der Waals surface area contributed by atoms with Crippen LogP contribution in [0.5, 0.6) is 0 Å². The molecule has 0 N–H and O–H groups in total. The number of likely N-dealkylation sites (N-methyl/N-ethyl adjacent to an activating group) is 1. The summed E-state index contributed by atoms with van der Waals surface area (Å²) in [6.07, 6.45) is -0.999. The van der Waals surface area contributed by atoms with Gasteiger partial charge in [0.25, 0.3) is 5.09 Å². The summed E-state index contributed by atoms with van der Waals surface area (Å²) >= 11 is 0. The van der Waals surface area contributed by atoms with Gasteiger partial charge in [-0.1, -0.05) is 0 Å². The second-order valence-electron chi connectivity index (χ2n) is 5.37. The molecule has 3 rings (SSSR count). The Morgan fingerprint density at radius 3 is 2.53 bits per heavy atom. The van der Waals surface area contributed by atoms with Crippen LogP contribution in [0.3, 0.4) is 0 Å². The Bertz CT molecular complexity index is 347. The van der Waals surface area contributed by atoms with Crippen LogP contribution < -0.4 is 0 Å². The third-order valence-corrected chi connectivity index (χ3v) is 4.21. The van der Waals surface area contributed by atoms with E-state index >= 15 is 0 Å². The van der Waals surface area contributed by atoms with E-state index in [0.29, 0.717) is 6.61 Å². The number of piperazine rings is 1. The van der Waals surface area contributed by atoms with E-state index in [4.69, 9.17) is 9.47 Å². The van der Waals surface area contributed by atoms with Gasteiger partial charge in [-0.15, -0.1) is 10.1 Å². The van der Waals surface area contributed by atoms with Crippen molar-refractivity contribution >= 4 is 0 Å². The summed E-state index contributed by atoms with van der Waals surface area (Å²) in [6, 6.07) is 0.194. The van der Waals surface area contributed by atoms with Gasteiger partial charge in [-0.3, -0.25) is 4.90 Å². The first-order chi connectivity index (χ1) is 9.15. The molecule has 0 spiro atoms. The number of rotatable bonds is 3. The highest BCUT2D eigenvalue weighted by atomic mass is 17.0. The number of fused-ring (bicyclic) bond motifs is 1. The van der Waals surface area contributed by atoms with Gasteiger partial charge in [-0.2, -0.15) is 0 Å². The van der Waals surface area contributed by atoms with Gasteiger partial charge < -0.3 is 19.2 Å². The number of ether oxygens (including phenoxy) is 2. The maximum absolute atomic E-state index is 10.4. The van der Waals surface area contributed by atoms with Crippen molar-refractivity contribution in [2.45, 2.75) is 24.4 Å². The summed E-state index contributed by atoms with van der Waals surface area (Å²) in [5, 5.41) is 9.66. The van der Waals surface area contributed by atoms with Crippen molar-refractivity contribution in [3.05, 3.63) is 10.1 Å². The van der Waals surface area contributed by atoms with Gasteiger partial charge in [0, 0.05) is 26.2 Å². The predicted molar refractivity (Wildman–Crippen MR) is 64.2 cm³/mol. The monoisotopic (exact) mass is 273 g/mol. The van der Waals surface area contributed by atoms with Crippen molar-refractivity contribution in [3.8, 4) is 0 Å². The molecule has 8 heteroatoms. The van der Waals surface area contributed by atoms with Crippen LogP contribution in [-0.4, -0.2) is 85.7 Å². The van der Waals surface area contributed by atoms with Crippen LogP contribution in [0.4, 0.5) is 0 Å². The van der Waals surface area contributed by atoms with E-state index in [1.54, 1.807) is 0 Å². The van der Waals surface area contributed by atoms with Crippen LogP contribution in [-0.2, 0) is 14.3 Å². The molecule has 0 amide bonds. The van der Waals surface area contributed by atoms with Crippen molar-refractivity contribution in [2.75, 3.05) is 46.4 Å². The smallest absolute Gasteiger partial charge is 0.294 e. The molecule has 8 nitrogen and oxygen atoms in total. The summed E-state index contributed by atoms with van der Waals surface area (Å²) in [5.74, 6) is 0. The lowest BCUT2D eigenvalue weighted by atomic mass is 10.1. The second-order valence-corrected chi connectivity index (χ2v) is 5.37. The lowest BCUT2D eigenvalue weighted by Gasteiger charge is -2.37. The summed E-state index contributed by atoms with van der Waals surface area (Å²) in [7, 11) is 2.11. The first-order valence-electron chi connectivity index (χ1n) is 6.62. The minimum absolute atomic E-state index is 0.103. The number of nitrogens with zero attached hydrogens (tertiary/aromatic N) is 3. The molecule has 108 valence electrons. The first kappa shape index (κ1) is 13.0. The summed E-state index contributed by atoms with van der Waals surface area (Å²) < 4.78 is 11.3. The molecule has 0 aromatic heterocycles. The zero-order chi connectivity index (χ0) is 13.4. The van der Waals surface area contributed by atoms with E-state index in [1.807, 2.05) is 0 Å². The van der Waals surface area contributed by atoms with Crippen LogP contribution in [0.15, 0.2) is 0 Å². The van der Waals surface area contributed by atoms with E-state index in [9.17, 15) is 10.1 Å². The molecule has 3 fully saturated rings. The fourth-order valence-electron chi connectivity index (χ4n) is 3.11. The minimum Gasteiger partial charge on any atom is -0.371 e. The highest BCUT2D eigenvalue weighted by Gasteiger charge is 2.51. The molecule has 0 aliphatic carbocycles. The summed E-state index contributed by atoms with van der Waals surface area (Å²) in [5.41, 5.74) is 0. The van der Waals surface area contributed by atoms with Gasteiger partial charge in [0.2, 0.25) is 0 Å². The highest BCUT2D eigenvalue weighted by molar-refractivity contribution is 4.99. The van der Waals surface area contributed by atoms with Crippen molar-refractivity contribution in [2.24, 2.45) is 0 Å². The van der Waals surface area contributed by atoms with Gasteiger partial charge >= 0.3 is 0 Å². The normalized spacial score (nSPS) is 40.3. The maximum atomic E-state index is 10.4. The first-order valence-corrected chi connectivity index (χ1v) is 6.62. The average Bonchev–Trinajstić information content (AvgIpc) is 2.93. The quantitative estimate of drug-likeness (QED) is 0.481. The van der Waals surface area contributed by atoms with Gasteiger partial charge in [-0.25, -0.2) is 0 Å². The number of hydrogen-bond acceptors (Lipinski definition) is 7. The lowest BCUT2D eigenvalue weighted by Crippen LogP contribution is -2.53. The van der Waals surface area contributed by atoms with Crippen LogP contribution in [0.1, 0.15) is 0 Å². The molecular weight excluding hydrogens is 254 g/mol. The second kappa shape index (κ2) is 5.20. The highest BCUT2D eigenvalue weighted by Crippen LogP contribution is 2.31. The fraction of sp³-hybridized carbons (Fsp3) is 1.00. The molecule has 4 atom stereocenters. The summed E-state index contributed by atoms with van der Waals surface area (Å²) in [4.78, 5) is 19.7. The molecular formula is C11H19N3O5. The fourth-order valence-corrected chi connectivity index (χ4v) is 3.11. The van der Waals surface area contributed by atoms with E-state index in [1.165, 1.54) is 0 Å². The van der Waals surface area contributed by atoms with Crippen LogP contribution in [0.2, 0.25) is 0 Å². The Kier molecular flexibility index (Phi) is 3.57. The third-order valence-electron chi connectivity index (χ3n) is 4.21. The zero-order valence-corrected chi connectivity index (χ0v) is 10.9. The molecule has 1 unspecified atom stereocenters. The van der Waals surface area contributed by atoms with Gasteiger partial charge in [-0.05, 0) is 7.05 Å². The standard InChI is InChI=1S/C11H19N3O5/c1-12-2-4-13(5-3-12)8-6-17-11-9(19-14(15)16)7-18-10(8)11/h8-11H,2-7H2,1H3/t8-,9-,10?,11+/m0/s1. The molecule has 3 heterocycles. The van der Waals surface area contributed by atoms with Gasteiger partial charge in [0.1, 0.15) is 12.2 Å². The molecule has 0 radical (unpaired) electrons. The molecule has 0 saturated carbocycles. The van der Waals surface area contributed by atoms with E-state index < -0.39 is 11.2 Å². The topological polar surface area (TPSA) is 77.3 Å². The van der Waals surface area contributed by atoms with E-state index in [-0.39, 0.29) is 24.9 Å². The van der Waals surface area contributed by atoms with Gasteiger partial charge in [0.15, 0.2) is 6.10 Å². The van der Waals surface area contributed by atoms with E-state index in [2.05, 4.69) is 21.7 Å². The van der Waals surface area contributed by atoms with Crippen molar-refractivity contribution in [1.29, 1.82) is 0 Å². The Morgan fingerprint density at radius 1 is 1.16 bits per heavy atom. The molecule has 0 aromatic carbocycles. The lowest BCUT2D eigenvalue weighted by molar-refractivity contribution is -0.769. The molecule has 0 aromatic rings. The zero-order valence-electron chi connectivity index (χ0n) is 10.9. The van der Waals surface area contributed by atoms with Crippen LogP contribution in [0.25, 0.3) is 0 Å². The van der Waals surface area contributed by atoms with Crippen LogP contribution >= 0.6 is 0 Å². The minimum atomic E-state index is -0.761. The van der Waals surface area contributed by atoms with Crippen molar-refractivity contribution in [1.82, 2.24) is 9.80 Å². The SMILES string of the molecule is CN1CCN([C@H]2CO[C@H]3C2OC[C@@H]3O[N+](=O)[O-])CC1. The maximum Gasteiger partial charge on any atom is 0.294 e. The largest absolute Gasteiger partial charge is 0.371 e. The summed E-state index contributed by atoms with van der Waals surface area (Å²) in [6.45, 7) is 4.83. The molecule has 3 aliphatic rings. The third kappa shape index (κ3) is 2.53. The molecule has 3 saturated heterocycles. The predicted octanol–water partition coefficient (Wildman–Crippen LogP) is -1.02. The van der Waals surface area contributed by atoms with Crippen molar-refractivity contribution < 1.29 is 19.4 Å². The Morgan fingerprint density at radius 2 is 1.84 bits per heavy atom. The van der Waals surface area contributed by atoms with Crippen molar-refractivity contribution in [3.63, 3.8) is 0 Å². The van der Waals surface area contributed by atoms with Crippen LogP contribution in [0, 0.1) is 10.1 Å². The molecule has 19 heavy (non-hydrogen) atoms.